The van der Waals surface area contributed by atoms with Gasteiger partial charge in [-0.05, 0) is 36.4 Å². The first kappa shape index (κ1) is 17.8. The Balaban J connectivity index is 1.55. The molecule has 2 aromatic rings. The molecule has 2 unspecified atom stereocenters. The van der Waals surface area contributed by atoms with E-state index in [1.807, 2.05) is 6.07 Å². The summed E-state index contributed by atoms with van der Waals surface area (Å²) in [6.45, 7) is 0.574. The second-order valence-electron chi connectivity index (χ2n) is 6.10. The lowest BCUT2D eigenvalue weighted by Crippen LogP contribution is -2.35. The van der Waals surface area contributed by atoms with E-state index in [4.69, 9.17) is 20.6 Å². The van der Waals surface area contributed by atoms with Crippen LogP contribution in [-0.2, 0) is 4.79 Å². The van der Waals surface area contributed by atoms with E-state index in [1.54, 1.807) is 49.6 Å². The molecule has 7 heteroatoms. The van der Waals surface area contributed by atoms with Gasteiger partial charge < -0.3 is 25.8 Å². The number of rotatable bonds is 6. The molecule has 0 aromatic heterocycles. The van der Waals surface area contributed by atoms with Crippen LogP contribution in [0.15, 0.2) is 48.5 Å². The lowest BCUT2D eigenvalue weighted by Gasteiger charge is -2.14. The van der Waals surface area contributed by atoms with Crippen LogP contribution in [0.25, 0.3) is 0 Å². The molecule has 2 aromatic carbocycles. The number of nitrogens with one attached hydrogen (secondary N) is 3. The van der Waals surface area contributed by atoms with Crippen molar-refractivity contribution in [2.24, 2.45) is 5.73 Å². The quantitative estimate of drug-likeness (QED) is 0.466. The summed E-state index contributed by atoms with van der Waals surface area (Å²) in [6.07, 6.45) is 0.440. The van der Waals surface area contributed by atoms with Gasteiger partial charge in [-0.1, -0.05) is 12.1 Å². The largest absolute Gasteiger partial charge is 0.497 e. The van der Waals surface area contributed by atoms with Gasteiger partial charge in [0.2, 0.25) is 5.91 Å². The maximum absolute atomic E-state index is 12.4. The van der Waals surface area contributed by atoms with Gasteiger partial charge in [-0.3, -0.25) is 10.2 Å². The lowest BCUT2D eigenvalue weighted by atomic mass is 10.1. The molecule has 136 valence electrons. The minimum absolute atomic E-state index is 0.00302. The van der Waals surface area contributed by atoms with Crippen LogP contribution in [0.2, 0.25) is 0 Å². The van der Waals surface area contributed by atoms with Gasteiger partial charge in [-0.25, -0.2) is 0 Å². The molecule has 2 atom stereocenters. The molecule has 1 amide bonds. The van der Waals surface area contributed by atoms with Gasteiger partial charge in [0.25, 0.3) is 0 Å². The Morgan fingerprint density at radius 3 is 2.69 bits per heavy atom. The molecule has 7 nitrogen and oxygen atoms in total. The van der Waals surface area contributed by atoms with Crippen molar-refractivity contribution in [3.63, 3.8) is 0 Å². The van der Waals surface area contributed by atoms with Crippen molar-refractivity contribution in [1.29, 1.82) is 5.41 Å². The summed E-state index contributed by atoms with van der Waals surface area (Å²) in [6, 6.07) is 14.0. The zero-order valence-electron chi connectivity index (χ0n) is 14.5. The van der Waals surface area contributed by atoms with Crippen LogP contribution in [-0.4, -0.2) is 37.5 Å². The molecule has 3 rings (SSSR count). The number of ether oxygens (including phenoxy) is 2. The van der Waals surface area contributed by atoms with E-state index in [0.29, 0.717) is 24.3 Å². The second kappa shape index (κ2) is 7.88. The van der Waals surface area contributed by atoms with E-state index in [2.05, 4.69) is 10.6 Å². The fourth-order valence-electron chi connectivity index (χ4n) is 2.83. The highest BCUT2D eigenvalue weighted by atomic mass is 16.5. The van der Waals surface area contributed by atoms with Crippen LogP contribution < -0.4 is 25.8 Å². The third kappa shape index (κ3) is 4.31. The highest BCUT2D eigenvalue weighted by Gasteiger charge is 2.30. The van der Waals surface area contributed by atoms with Crippen molar-refractivity contribution in [3.8, 4) is 11.5 Å². The molecule has 0 bridgehead atoms. The van der Waals surface area contributed by atoms with E-state index in [9.17, 15) is 4.79 Å². The Bertz CT molecular complexity index is 792. The number of amidine groups is 1. The van der Waals surface area contributed by atoms with E-state index in [-0.39, 0.29) is 23.9 Å². The number of nitrogen functional groups attached to an aromatic ring is 1. The number of nitrogens with two attached hydrogens (primary N) is 1. The maximum Gasteiger partial charge on any atom is 0.241 e. The van der Waals surface area contributed by atoms with Crippen molar-refractivity contribution in [2.75, 3.05) is 19.0 Å². The first-order chi connectivity index (χ1) is 12.5. The van der Waals surface area contributed by atoms with Crippen LogP contribution in [0.3, 0.4) is 0 Å². The van der Waals surface area contributed by atoms with Gasteiger partial charge in [0.15, 0.2) is 0 Å². The zero-order valence-corrected chi connectivity index (χ0v) is 14.5. The Kier molecular flexibility index (Phi) is 5.38. The summed E-state index contributed by atoms with van der Waals surface area (Å²) < 4.78 is 11.0. The zero-order chi connectivity index (χ0) is 18.5. The van der Waals surface area contributed by atoms with Gasteiger partial charge in [-0.2, -0.15) is 0 Å². The Labute approximate surface area is 152 Å². The normalized spacial score (nSPS) is 19.0. The number of carbonyl (C=O) groups is 1. The highest BCUT2D eigenvalue weighted by molar-refractivity contribution is 5.95. The van der Waals surface area contributed by atoms with E-state index in [1.165, 1.54) is 0 Å². The van der Waals surface area contributed by atoms with Gasteiger partial charge >= 0.3 is 0 Å². The molecule has 26 heavy (non-hydrogen) atoms. The summed E-state index contributed by atoms with van der Waals surface area (Å²) in [4.78, 5) is 12.4. The molecule has 0 spiro atoms. The van der Waals surface area contributed by atoms with Gasteiger partial charge in [0.05, 0.1) is 13.2 Å². The van der Waals surface area contributed by atoms with Gasteiger partial charge in [-0.15, -0.1) is 0 Å². The Morgan fingerprint density at radius 2 is 2.00 bits per heavy atom. The van der Waals surface area contributed by atoms with Crippen molar-refractivity contribution in [2.45, 2.75) is 18.6 Å². The molecule has 0 radical (unpaired) electrons. The molecule has 0 aliphatic carbocycles. The molecule has 1 fully saturated rings. The first-order valence-corrected chi connectivity index (χ1v) is 8.34. The molecular weight excluding hydrogens is 332 g/mol. The Morgan fingerprint density at radius 1 is 1.23 bits per heavy atom. The number of methoxy groups -OCH3 is 1. The molecule has 1 aliphatic rings. The summed E-state index contributed by atoms with van der Waals surface area (Å²) in [5, 5.41) is 13.6. The number of carbonyl (C=O) groups excluding carboxylic acids is 1. The second-order valence-corrected chi connectivity index (χ2v) is 6.10. The summed E-state index contributed by atoms with van der Waals surface area (Å²) in [5.74, 6) is 1.28. The van der Waals surface area contributed by atoms with Crippen molar-refractivity contribution >= 4 is 17.4 Å². The number of hydrogen-bond acceptors (Lipinski definition) is 5. The van der Waals surface area contributed by atoms with Crippen LogP contribution in [0.1, 0.15) is 12.0 Å². The molecule has 1 saturated heterocycles. The average molecular weight is 354 g/mol. The summed E-state index contributed by atoms with van der Waals surface area (Å²) >= 11 is 0. The highest BCUT2D eigenvalue weighted by Crippen LogP contribution is 2.20. The SMILES string of the molecule is COc1ccc(NC(=O)C2CC(Oc3cccc(C(=N)N)c3)CN2)cc1. The number of amides is 1. The molecule has 1 aliphatic heterocycles. The van der Waals surface area contributed by atoms with Gasteiger partial charge in [0.1, 0.15) is 23.4 Å². The van der Waals surface area contributed by atoms with Crippen LogP contribution >= 0.6 is 0 Å². The van der Waals surface area contributed by atoms with E-state index < -0.39 is 0 Å². The summed E-state index contributed by atoms with van der Waals surface area (Å²) in [7, 11) is 1.60. The standard InChI is InChI=1S/C19H22N4O3/c1-25-14-7-5-13(6-8-14)23-19(24)17-10-16(11-22-17)26-15-4-2-3-12(9-15)18(20)21/h2-9,16-17,22H,10-11H2,1H3,(H3,20,21)(H,23,24). The van der Waals surface area contributed by atoms with E-state index >= 15 is 0 Å². The summed E-state index contributed by atoms with van der Waals surface area (Å²) in [5.41, 5.74) is 6.83. The lowest BCUT2D eigenvalue weighted by molar-refractivity contribution is -0.117. The fourth-order valence-corrected chi connectivity index (χ4v) is 2.83. The third-order valence-electron chi connectivity index (χ3n) is 4.21. The molecule has 5 N–H and O–H groups in total. The van der Waals surface area contributed by atoms with Crippen molar-refractivity contribution in [1.82, 2.24) is 5.32 Å². The Hall–Kier alpha value is -3.06. The van der Waals surface area contributed by atoms with Crippen LogP contribution in [0.5, 0.6) is 11.5 Å². The predicted molar refractivity (Wildman–Crippen MR) is 99.9 cm³/mol. The smallest absolute Gasteiger partial charge is 0.241 e. The van der Waals surface area contributed by atoms with E-state index in [0.717, 1.165) is 11.4 Å². The van der Waals surface area contributed by atoms with Crippen LogP contribution in [0, 0.1) is 5.41 Å². The minimum Gasteiger partial charge on any atom is -0.497 e. The number of anilines is 1. The number of hydrogen-bond donors (Lipinski definition) is 4. The topological polar surface area (TPSA) is 109 Å². The maximum atomic E-state index is 12.4. The average Bonchev–Trinajstić information content (AvgIpc) is 3.11. The van der Waals surface area contributed by atoms with Crippen molar-refractivity contribution in [3.05, 3.63) is 54.1 Å². The predicted octanol–water partition coefficient (Wildman–Crippen LogP) is 1.73. The van der Waals surface area contributed by atoms with Gasteiger partial charge in [0, 0.05) is 24.2 Å². The fraction of sp³-hybridized carbons (Fsp3) is 0.263. The third-order valence-corrected chi connectivity index (χ3v) is 4.21. The number of benzene rings is 2. The minimum atomic E-state index is -0.321. The molecule has 1 heterocycles. The monoisotopic (exact) mass is 354 g/mol. The first-order valence-electron chi connectivity index (χ1n) is 8.34. The van der Waals surface area contributed by atoms with Crippen molar-refractivity contribution < 1.29 is 14.3 Å². The molecule has 0 saturated carbocycles. The van der Waals surface area contributed by atoms with Crippen LogP contribution in [0.4, 0.5) is 5.69 Å². The molecular formula is C19H22N4O3.